The standard InChI is InChI=1S/C4H9NOS/c1-4(2,3)7-5-6/h1-3H3. The molecular weight excluding hydrogens is 110 g/mol. The monoisotopic (exact) mass is 119 g/mol. The van der Waals surface area contributed by atoms with E-state index in [4.69, 9.17) is 0 Å². The minimum atomic E-state index is -0.0122. The van der Waals surface area contributed by atoms with Gasteiger partial charge >= 0.3 is 0 Å². The molecule has 0 N–H and O–H groups in total. The molecule has 0 atom stereocenters. The zero-order valence-corrected chi connectivity index (χ0v) is 5.58. The highest BCUT2D eigenvalue weighted by Crippen LogP contribution is 2.22. The summed E-state index contributed by atoms with van der Waals surface area (Å²) in [7, 11) is 0. The van der Waals surface area contributed by atoms with Gasteiger partial charge in [-0.1, -0.05) is 0 Å². The summed E-state index contributed by atoms with van der Waals surface area (Å²) in [6, 6.07) is 0. The molecule has 0 aliphatic heterocycles. The van der Waals surface area contributed by atoms with Crippen LogP contribution in [-0.4, -0.2) is 4.75 Å². The van der Waals surface area contributed by atoms with Crippen LogP contribution in [0.25, 0.3) is 0 Å². The van der Waals surface area contributed by atoms with Gasteiger partial charge in [-0.05, 0) is 20.8 Å². The minimum absolute atomic E-state index is 0.0122. The van der Waals surface area contributed by atoms with E-state index in [0.29, 0.717) is 0 Å². The van der Waals surface area contributed by atoms with Crippen LogP contribution < -0.4 is 0 Å². The van der Waals surface area contributed by atoms with Crippen molar-refractivity contribution >= 4 is 11.9 Å². The molecule has 42 valence electrons. The second-order valence-electron chi connectivity index (χ2n) is 2.28. The number of rotatable bonds is 1. The van der Waals surface area contributed by atoms with Crippen molar-refractivity contribution < 1.29 is 0 Å². The highest BCUT2D eigenvalue weighted by atomic mass is 32.2. The number of hydrogen-bond donors (Lipinski definition) is 0. The van der Waals surface area contributed by atoms with Crippen LogP contribution in [0.4, 0.5) is 0 Å². The van der Waals surface area contributed by atoms with Crippen molar-refractivity contribution in [2.45, 2.75) is 25.5 Å². The Kier molecular flexibility index (Phi) is 2.29. The van der Waals surface area contributed by atoms with Gasteiger partial charge in [0.2, 0.25) is 0 Å². The smallest absolute Gasteiger partial charge is 0.0328 e. The molecule has 0 saturated heterocycles. The van der Waals surface area contributed by atoms with E-state index in [0.717, 1.165) is 11.9 Å². The summed E-state index contributed by atoms with van der Waals surface area (Å²) in [5, 5.41) is 0. The molecule has 0 bridgehead atoms. The lowest BCUT2D eigenvalue weighted by molar-refractivity contribution is 0.804. The quantitative estimate of drug-likeness (QED) is 0.391. The van der Waals surface area contributed by atoms with Crippen molar-refractivity contribution in [1.29, 1.82) is 0 Å². The molecule has 0 rings (SSSR count). The minimum Gasteiger partial charge on any atom is -0.137 e. The van der Waals surface area contributed by atoms with Gasteiger partial charge < -0.3 is 0 Å². The molecule has 0 aliphatic carbocycles. The zero-order chi connectivity index (χ0) is 5.91. The largest absolute Gasteiger partial charge is 0.137 e. The highest BCUT2D eigenvalue weighted by Gasteiger charge is 2.09. The second-order valence-corrected chi connectivity index (χ2v) is 3.83. The summed E-state index contributed by atoms with van der Waals surface area (Å²) >= 11 is 1.06. The van der Waals surface area contributed by atoms with Gasteiger partial charge in [-0.15, -0.1) is 4.91 Å². The highest BCUT2D eigenvalue weighted by molar-refractivity contribution is 7.99. The maximum absolute atomic E-state index is 9.53. The van der Waals surface area contributed by atoms with Crippen molar-refractivity contribution in [3.63, 3.8) is 0 Å². The summed E-state index contributed by atoms with van der Waals surface area (Å²) in [5.74, 6) is 0. The third kappa shape index (κ3) is 5.95. The fourth-order valence-corrected chi connectivity index (χ4v) is 0.335. The molecule has 0 spiro atoms. The molecule has 0 amide bonds. The maximum Gasteiger partial charge on any atom is 0.0328 e. The van der Waals surface area contributed by atoms with Gasteiger partial charge in [0.1, 0.15) is 0 Å². The lowest BCUT2D eigenvalue weighted by Crippen LogP contribution is -2.04. The summed E-state index contributed by atoms with van der Waals surface area (Å²) in [6.07, 6.45) is 0. The van der Waals surface area contributed by atoms with Crippen LogP contribution in [0.1, 0.15) is 20.8 Å². The molecule has 0 saturated carbocycles. The fraction of sp³-hybridized carbons (Fsp3) is 1.00. The Morgan fingerprint density at radius 1 is 1.43 bits per heavy atom. The summed E-state index contributed by atoms with van der Waals surface area (Å²) in [4.78, 5) is 9.53. The van der Waals surface area contributed by atoms with Crippen LogP contribution >= 0.6 is 11.9 Å². The van der Waals surface area contributed by atoms with Crippen LogP contribution in [0, 0.1) is 4.91 Å². The molecule has 3 heteroatoms. The first-order valence-electron chi connectivity index (χ1n) is 2.07. The molecule has 0 unspecified atom stereocenters. The summed E-state index contributed by atoms with van der Waals surface area (Å²) < 4.78 is 2.66. The van der Waals surface area contributed by atoms with E-state index in [9.17, 15) is 4.91 Å². The number of hydrogen-bond acceptors (Lipinski definition) is 3. The average molecular weight is 119 g/mol. The van der Waals surface area contributed by atoms with Gasteiger partial charge in [0.25, 0.3) is 0 Å². The van der Waals surface area contributed by atoms with Crippen LogP contribution in [-0.2, 0) is 0 Å². The molecule has 0 aromatic rings. The Bertz CT molecular complexity index is 66.6. The Hall–Kier alpha value is -0.0500. The zero-order valence-electron chi connectivity index (χ0n) is 4.76. The predicted octanol–water partition coefficient (Wildman–Crippen LogP) is 2.20. The molecule has 2 nitrogen and oxygen atoms in total. The Morgan fingerprint density at radius 2 is 1.86 bits per heavy atom. The maximum atomic E-state index is 9.53. The summed E-state index contributed by atoms with van der Waals surface area (Å²) in [5.41, 5.74) is 0. The van der Waals surface area contributed by atoms with E-state index in [1.807, 2.05) is 20.8 Å². The second kappa shape index (κ2) is 2.31. The molecule has 7 heavy (non-hydrogen) atoms. The number of nitrogens with zero attached hydrogens (tertiary/aromatic N) is 1. The van der Waals surface area contributed by atoms with E-state index in [1.165, 1.54) is 0 Å². The van der Waals surface area contributed by atoms with Crippen LogP contribution in [0.3, 0.4) is 0 Å². The SMILES string of the molecule is CC(C)(C)SN=O. The van der Waals surface area contributed by atoms with Gasteiger partial charge in [-0.25, -0.2) is 0 Å². The van der Waals surface area contributed by atoms with Gasteiger partial charge in [0.15, 0.2) is 0 Å². The first-order chi connectivity index (χ1) is 3.06. The predicted molar refractivity (Wildman–Crippen MR) is 33.1 cm³/mol. The third-order valence-corrected chi connectivity index (χ3v) is 0.933. The van der Waals surface area contributed by atoms with E-state index in [1.54, 1.807) is 0 Å². The molecule has 0 radical (unpaired) electrons. The van der Waals surface area contributed by atoms with E-state index in [2.05, 4.69) is 4.58 Å². The van der Waals surface area contributed by atoms with E-state index in [-0.39, 0.29) is 4.75 Å². The van der Waals surface area contributed by atoms with Crippen molar-refractivity contribution in [3.8, 4) is 0 Å². The van der Waals surface area contributed by atoms with Crippen LogP contribution in [0.5, 0.6) is 0 Å². The Morgan fingerprint density at radius 3 is 1.86 bits per heavy atom. The van der Waals surface area contributed by atoms with Crippen LogP contribution in [0.15, 0.2) is 4.58 Å². The fourth-order valence-electron chi connectivity index (χ4n) is 0.112. The van der Waals surface area contributed by atoms with Crippen molar-refractivity contribution in [1.82, 2.24) is 0 Å². The molecule has 0 aliphatic rings. The average Bonchev–Trinajstić information content (AvgIpc) is 1.30. The molecule has 0 fully saturated rings. The van der Waals surface area contributed by atoms with Crippen molar-refractivity contribution in [2.24, 2.45) is 4.58 Å². The summed E-state index contributed by atoms with van der Waals surface area (Å²) in [6.45, 7) is 5.83. The topological polar surface area (TPSA) is 29.4 Å². The van der Waals surface area contributed by atoms with E-state index < -0.39 is 0 Å². The third-order valence-electron chi connectivity index (χ3n) is 0.311. The van der Waals surface area contributed by atoms with Crippen LogP contribution in [0.2, 0.25) is 0 Å². The van der Waals surface area contributed by atoms with Gasteiger partial charge in [-0.3, -0.25) is 0 Å². The first-order valence-corrected chi connectivity index (χ1v) is 2.84. The van der Waals surface area contributed by atoms with E-state index >= 15 is 0 Å². The first kappa shape index (κ1) is 6.95. The van der Waals surface area contributed by atoms with Gasteiger partial charge in [0.05, 0.1) is 0 Å². The molecule has 0 heterocycles. The molecular formula is C4H9NOS. The van der Waals surface area contributed by atoms with Gasteiger partial charge in [-0.2, -0.15) is 0 Å². The molecule has 0 aromatic heterocycles. The number of nitroso groups, excluding NO2 is 1. The lowest BCUT2D eigenvalue weighted by Gasteiger charge is -2.08. The normalized spacial score (nSPS) is 11.3. The Balaban J connectivity index is 3.34. The van der Waals surface area contributed by atoms with Crippen molar-refractivity contribution in [2.75, 3.05) is 0 Å². The molecule has 0 aromatic carbocycles. The van der Waals surface area contributed by atoms with Crippen molar-refractivity contribution in [3.05, 3.63) is 4.91 Å². The lowest BCUT2D eigenvalue weighted by atomic mass is 10.3. The van der Waals surface area contributed by atoms with Gasteiger partial charge in [0, 0.05) is 21.3 Å². The Labute approximate surface area is 47.8 Å².